The zero-order chi connectivity index (χ0) is 15.8. The fourth-order valence-electron chi connectivity index (χ4n) is 1.82. The molecule has 1 aliphatic rings. The van der Waals surface area contributed by atoms with Crippen molar-refractivity contribution in [3.8, 4) is 0 Å². The highest BCUT2D eigenvalue weighted by atomic mass is 16.6. The molecule has 1 heterocycles. The second-order valence-electron chi connectivity index (χ2n) is 4.61. The first-order valence-electron chi connectivity index (χ1n) is 7.17. The van der Waals surface area contributed by atoms with Crippen molar-refractivity contribution in [2.24, 2.45) is 0 Å². The van der Waals surface area contributed by atoms with Crippen molar-refractivity contribution in [3.05, 3.63) is 0 Å². The van der Waals surface area contributed by atoms with E-state index in [0.717, 1.165) is 0 Å². The van der Waals surface area contributed by atoms with Crippen LogP contribution in [0.25, 0.3) is 0 Å². The van der Waals surface area contributed by atoms with Crippen molar-refractivity contribution in [1.29, 1.82) is 0 Å². The quantitative estimate of drug-likeness (QED) is 0.534. The lowest BCUT2D eigenvalue weighted by Crippen LogP contribution is -2.53. The van der Waals surface area contributed by atoms with Crippen LogP contribution >= 0.6 is 0 Å². The molecular formula is C14H22O7. The molecule has 0 saturated carbocycles. The van der Waals surface area contributed by atoms with Gasteiger partial charge < -0.3 is 18.9 Å². The number of ether oxygens (including phenoxy) is 4. The van der Waals surface area contributed by atoms with E-state index in [1.807, 2.05) is 0 Å². The Morgan fingerprint density at radius 1 is 0.810 bits per heavy atom. The van der Waals surface area contributed by atoms with Gasteiger partial charge in [0.05, 0.1) is 13.2 Å². The molecule has 1 rings (SSSR count). The minimum atomic E-state index is -0.836. The van der Waals surface area contributed by atoms with Crippen LogP contribution in [-0.4, -0.2) is 49.4 Å². The van der Waals surface area contributed by atoms with Crippen LogP contribution in [0, 0.1) is 0 Å². The average molecular weight is 302 g/mol. The van der Waals surface area contributed by atoms with E-state index in [-0.39, 0.29) is 32.5 Å². The summed E-state index contributed by atoms with van der Waals surface area (Å²) in [4.78, 5) is 34.4. The Kier molecular flexibility index (Phi) is 7.14. The number of carbonyl (C=O) groups excluding carboxylic acids is 3. The summed E-state index contributed by atoms with van der Waals surface area (Å²) in [5.74, 6) is -1.30. The molecule has 1 fully saturated rings. The summed E-state index contributed by atoms with van der Waals surface area (Å²) in [6, 6.07) is 0. The first-order chi connectivity index (χ1) is 10.0. The molecule has 0 aromatic carbocycles. The second kappa shape index (κ2) is 8.61. The third kappa shape index (κ3) is 5.34. The molecule has 21 heavy (non-hydrogen) atoms. The van der Waals surface area contributed by atoms with E-state index in [9.17, 15) is 14.4 Å². The molecule has 1 aliphatic heterocycles. The molecule has 120 valence electrons. The Balaban J connectivity index is 2.81. The number of carbonyl (C=O) groups is 3. The molecule has 0 aliphatic carbocycles. The van der Waals surface area contributed by atoms with E-state index in [1.165, 1.54) is 0 Å². The van der Waals surface area contributed by atoms with Crippen LogP contribution in [-0.2, 0) is 33.3 Å². The normalized spacial score (nSPS) is 25.0. The van der Waals surface area contributed by atoms with E-state index >= 15 is 0 Å². The van der Waals surface area contributed by atoms with Crippen molar-refractivity contribution in [1.82, 2.24) is 0 Å². The molecule has 0 bridgehead atoms. The molecule has 7 heteroatoms. The Bertz CT molecular complexity index is 354. The summed E-state index contributed by atoms with van der Waals surface area (Å²) in [7, 11) is 0. The van der Waals surface area contributed by atoms with Crippen molar-refractivity contribution in [2.75, 3.05) is 13.2 Å². The smallest absolute Gasteiger partial charge is 0.306 e. The largest absolute Gasteiger partial charge is 0.456 e. The number of rotatable bonds is 6. The van der Waals surface area contributed by atoms with Gasteiger partial charge in [-0.1, -0.05) is 20.8 Å². The maximum Gasteiger partial charge on any atom is 0.306 e. The minimum absolute atomic E-state index is 0.105. The van der Waals surface area contributed by atoms with Gasteiger partial charge in [-0.2, -0.15) is 0 Å². The van der Waals surface area contributed by atoms with Gasteiger partial charge in [0.2, 0.25) is 0 Å². The fourth-order valence-corrected chi connectivity index (χ4v) is 1.82. The van der Waals surface area contributed by atoms with E-state index in [0.29, 0.717) is 0 Å². The number of hydrogen-bond acceptors (Lipinski definition) is 7. The van der Waals surface area contributed by atoms with Crippen molar-refractivity contribution >= 4 is 17.9 Å². The lowest BCUT2D eigenvalue weighted by molar-refractivity contribution is -0.210. The van der Waals surface area contributed by atoms with Gasteiger partial charge in [-0.25, -0.2) is 0 Å². The molecular weight excluding hydrogens is 280 g/mol. The highest BCUT2D eigenvalue weighted by molar-refractivity contribution is 5.71. The Morgan fingerprint density at radius 3 is 1.57 bits per heavy atom. The van der Waals surface area contributed by atoms with Crippen LogP contribution in [0.15, 0.2) is 0 Å². The average Bonchev–Trinajstić information content (AvgIpc) is 2.49. The van der Waals surface area contributed by atoms with Gasteiger partial charge in [0.15, 0.2) is 18.3 Å². The van der Waals surface area contributed by atoms with Crippen molar-refractivity contribution in [2.45, 2.75) is 58.3 Å². The first kappa shape index (κ1) is 17.4. The molecule has 0 spiro atoms. The van der Waals surface area contributed by atoms with Gasteiger partial charge in [0.1, 0.15) is 0 Å². The van der Waals surface area contributed by atoms with Gasteiger partial charge >= 0.3 is 17.9 Å². The summed E-state index contributed by atoms with van der Waals surface area (Å²) in [5.41, 5.74) is 0. The topological polar surface area (TPSA) is 88.1 Å². The maximum atomic E-state index is 11.5. The van der Waals surface area contributed by atoms with E-state index in [2.05, 4.69) is 0 Å². The van der Waals surface area contributed by atoms with Crippen molar-refractivity contribution in [3.63, 3.8) is 0 Å². The highest BCUT2D eigenvalue weighted by Gasteiger charge is 2.41. The molecule has 0 radical (unpaired) electrons. The molecule has 1 saturated heterocycles. The molecule has 2 unspecified atom stereocenters. The lowest BCUT2D eigenvalue weighted by Gasteiger charge is -2.36. The Morgan fingerprint density at radius 2 is 1.19 bits per heavy atom. The van der Waals surface area contributed by atoms with Crippen LogP contribution in [0.3, 0.4) is 0 Å². The van der Waals surface area contributed by atoms with E-state index in [1.54, 1.807) is 20.8 Å². The van der Waals surface area contributed by atoms with Gasteiger partial charge in [0.25, 0.3) is 0 Å². The van der Waals surface area contributed by atoms with Gasteiger partial charge in [-0.3, -0.25) is 14.4 Å². The van der Waals surface area contributed by atoms with Crippen LogP contribution in [0.5, 0.6) is 0 Å². The molecule has 7 nitrogen and oxygen atoms in total. The first-order valence-corrected chi connectivity index (χ1v) is 7.17. The van der Waals surface area contributed by atoms with E-state index < -0.39 is 36.2 Å². The SMILES string of the molecule is CCC(=O)OC1COCC(OC(=O)CC)C1OC(=O)CC. The number of esters is 3. The number of hydrogen-bond donors (Lipinski definition) is 0. The predicted octanol–water partition coefficient (Wildman–Crippen LogP) is 0.982. The summed E-state index contributed by atoms with van der Waals surface area (Å²) in [5, 5.41) is 0. The van der Waals surface area contributed by atoms with Gasteiger partial charge in [-0.15, -0.1) is 0 Å². The minimum Gasteiger partial charge on any atom is -0.456 e. The van der Waals surface area contributed by atoms with Crippen LogP contribution < -0.4 is 0 Å². The fraction of sp³-hybridized carbons (Fsp3) is 0.786. The zero-order valence-corrected chi connectivity index (χ0v) is 12.6. The molecule has 0 N–H and O–H groups in total. The van der Waals surface area contributed by atoms with Crippen LogP contribution in [0.1, 0.15) is 40.0 Å². The molecule has 0 aromatic rings. The summed E-state index contributed by atoms with van der Waals surface area (Å²) < 4.78 is 21.0. The van der Waals surface area contributed by atoms with Crippen LogP contribution in [0.4, 0.5) is 0 Å². The summed E-state index contributed by atoms with van der Waals surface area (Å²) >= 11 is 0. The maximum absolute atomic E-state index is 11.5. The van der Waals surface area contributed by atoms with Gasteiger partial charge in [-0.05, 0) is 0 Å². The zero-order valence-electron chi connectivity index (χ0n) is 12.6. The van der Waals surface area contributed by atoms with Crippen molar-refractivity contribution < 1.29 is 33.3 Å². The molecule has 0 aromatic heterocycles. The Hall–Kier alpha value is -1.63. The second-order valence-corrected chi connectivity index (χ2v) is 4.61. The monoisotopic (exact) mass is 302 g/mol. The van der Waals surface area contributed by atoms with Crippen LogP contribution in [0.2, 0.25) is 0 Å². The predicted molar refractivity (Wildman–Crippen MR) is 71.3 cm³/mol. The lowest BCUT2D eigenvalue weighted by atomic mass is 10.1. The summed E-state index contributed by atoms with van der Waals surface area (Å²) in [6.45, 7) is 5.18. The third-order valence-electron chi connectivity index (χ3n) is 3.00. The van der Waals surface area contributed by atoms with Gasteiger partial charge in [0, 0.05) is 19.3 Å². The Labute approximate surface area is 123 Å². The molecule has 2 atom stereocenters. The van der Waals surface area contributed by atoms with E-state index in [4.69, 9.17) is 18.9 Å². The molecule has 0 amide bonds. The third-order valence-corrected chi connectivity index (χ3v) is 3.00. The summed E-state index contributed by atoms with van der Waals surface area (Å²) in [6.07, 6.45) is -1.79. The highest BCUT2D eigenvalue weighted by Crippen LogP contribution is 2.20. The standard InChI is InChI=1S/C14H22O7/c1-4-11(15)19-9-7-18-8-10(20-12(16)5-2)14(9)21-13(17)6-3/h9-10,14H,4-8H2,1-3H3.